The Balaban J connectivity index is 2.80. The smallest absolute Gasteiger partial charge is 0.222 e. The van der Waals surface area contributed by atoms with Gasteiger partial charge in [-0.1, -0.05) is 0 Å². The third-order valence-electron chi connectivity index (χ3n) is 1.12. The van der Waals surface area contributed by atoms with Crippen molar-refractivity contribution in [2.24, 2.45) is 5.73 Å². The van der Waals surface area contributed by atoms with E-state index in [1.807, 2.05) is 0 Å². The first-order valence-electron chi connectivity index (χ1n) is 3.22. The lowest BCUT2D eigenvalue weighted by Gasteiger charge is -1.88. The minimum atomic E-state index is -0.199. The Morgan fingerprint density at radius 1 is 1.73 bits per heavy atom. The number of furan rings is 1. The fraction of sp³-hybridized carbons (Fsp3) is 0.125. The fourth-order valence-corrected chi connectivity index (χ4v) is 0.697. The van der Waals surface area contributed by atoms with Gasteiger partial charge < -0.3 is 10.2 Å². The molecule has 0 fully saturated rings. The first-order valence-corrected chi connectivity index (χ1v) is 3.22. The lowest BCUT2D eigenvalue weighted by Crippen LogP contribution is -1.98. The van der Waals surface area contributed by atoms with Crippen LogP contribution in [0.5, 0.6) is 0 Å². The molecule has 1 rings (SSSR count). The molecule has 0 amide bonds. The average Bonchev–Trinajstić information content (AvgIpc) is 2.35. The van der Waals surface area contributed by atoms with Crippen LogP contribution in [0.3, 0.4) is 0 Å². The minimum Gasteiger partial charge on any atom is -0.461 e. The van der Waals surface area contributed by atoms with Gasteiger partial charge in [0.2, 0.25) is 5.78 Å². The van der Waals surface area contributed by atoms with E-state index in [2.05, 4.69) is 0 Å². The van der Waals surface area contributed by atoms with Gasteiger partial charge in [-0.2, -0.15) is 0 Å². The fourth-order valence-electron chi connectivity index (χ4n) is 0.697. The van der Waals surface area contributed by atoms with Gasteiger partial charge in [0.25, 0.3) is 0 Å². The van der Waals surface area contributed by atoms with Crippen LogP contribution in [-0.4, -0.2) is 5.78 Å². The van der Waals surface area contributed by atoms with E-state index in [0.717, 1.165) is 0 Å². The van der Waals surface area contributed by atoms with Gasteiger partial charge in [0.15, 0.2) is 5.76 Å². The maximum atomic E-state index is 11.1. The van der Waals surface area contributed by atoms with Crippen LogP contribution < -0.4 is 5.73 Å². The van der Waals surface area contributed by atoms with Gasteiger partial charge in [0.05, 0.1) is 6.26 Å². The number of ketones is 1. The Morgan fingerprint density at radius 3 is 2.91 bits per heavy atom. The van der Waals surface area contributed by atoms with Gasteiger partial charge in [0.1, 0.15) is 0 Å². The molecule has 0 radical (unpaired) electrons. The van der Waals surface area contributed by atoms with Crippen molar-refractivity contribution in [3.8, 4) is 0 Å². The predicted molar refractivity (Wildman–Crippen MR) is 41.0 cm³/mol. The second-order valence-corrected chi connectivity index (χ2v) is 2.23. The van der Waals surface area contributed by atoms with Crippen LogP contribution in [-0.2, 0) is 0 Å². The molecule has 0 bridgehead atoms. The molecule has 58 valence electrons. The molecule has 11 heavy (non-hydrogen) atoms. The van der Waals surface area contributed by atoms with Gasteiger partial charge in [-0.05, 0) is 19.1 Å². The molecule has 0 aromatic carbocycles. The van der Waals surface area contributed by atoms with Gasteiger partial charge in [-0.25, -0.2) is 0 Å². The Bertz CT molecular complexity index is 268. The molecule has 3 heteroatoms. The number of carbonyl (C=O) groups excluding carboxylic acids is 1. The van der Waals surface area contributed by atoms with Crippen molar-refractivity contribution in [3.63, 3.8) is 0 Å². The molecule has 0 atom stereocenters. The SMILES string of the molecule is C/C(N)=C/C(=O)c1ccco1. The zero-order valence-electron chi connectivity index (χ0n) is 6.20. The van der Waals surface area contributed by atoms with E-state index in [1.165, 1.54) is 12.3 Å². The van der Waals surface area contributed by atoms with Crippen molar-refractivity contribution in [3.05, 3.63) is 35.9 Å². The van der Waals surface area contributed by atoms with Crippen LogP contribution in [0.1, 0.15) is 17.5 Å². The standard InChI is InChI=1S/C8H9NO2/c1-6(9)5-7(10)8-3-2-4-11-8/h2-5H,9H2,1H3/b6-5-. The molecule has 1 heterocycles. The second kappa shape index (κ2) is 3.05. The van der Waals surface area contributed by atoms with Crippen LogP contribution in [0.2, 0.25) is 0 Å². The summed E-state index contributed by atoms with van der Waals surface area (Å²) in [5, 5.41) is 0. The van der Waals surface area contributed by atoms with E-state index in [0.29, 0.717) is 11.5 Å². The number of carbonyl (C=O) groups is 1. The molecule has 0 aliphatic heterocycles. The lowest BCUT2D eigenvalue weighted by atomic mass is 10.2. The van der Waals surface area contributed by atoms with E-state index in [-0.39, 0.29) is 5.78 Å². The molecule has 2 N–H and O–H groups in total. The van der Waals surface area contributed by atoms with Crippen molar-refractivity contribution in [1.29, 1.82) is 0 Å². The zero-order chi connectivity index (χ0) is 8.27. The summed E-state index contributed by atoms with van der Waals surface area (Å²) in [6, 6.07) is 3.26. The third kappa shape index (κ3) is 1.97. The molecular formula is C8H9NO2. The Morgan fingerprint density at radius 2 is 2.45 bits per heavy atom. The Labute approximate surface area is 64.5 Å². The minimum absolute atomic E-state index is 0.199. The number of allylic oxidation sites excluding steroid dienone is 2. The van der Waals surface area contributed by atoms with E-state index in [1.54, 1.807) is 19.1 Å². The van der Waals surface area contributed by atoms with Gasteiger partial charge in [-0.15, -0.1) is 0 Å². The number of nitrogens with two attached hydrogens (primary N) is 1. The summed E-state index contributed by atoms with van der Waals surface area (Å²) in [6.45, 7) is 1.65. The number of hydrogen-bond donors (Lipinski definition) is 1. The van der Waals surface area contributed by atoms with Crippen LogP contribution >= 0.6 is 0 Å². The first-order chi connectivity index (χ1) is 5.20. The highest BCUT2D eigenvalue weighted by Crippen LogP contribution is 2.02. The molecule has 0 spiro atoms. The second-order valence-electron chi connectivity index (χ2n) is 2.23. The highest BCUT2D eigenvalue weighted by molar-refractivity contribution is 6.02. The van der Waals surface area contributed by atoms with E-state index < -0.39 is 0 Å². The van der Waals surface area contributed by atoms with Gasteiger partial charge in [0, 0.05) is 11.8 Å². The van der Waals surface area contributed by atoms with E-state index in [9.17, 15) is 4.79 Å². The third-order valence-corrected chi connectivity index (χ3v) is 1.12. The van der Waals surface area contributed by atoms with Crippen molar-refractivity contribution in [2.45, 2.75) is 6.92 Å². The summed E-state index contributed by atoms with van der Waals surface area (Å²) < 4.78 is 4.85. The van der Waals surface area contributed by atoms with Gasteiger partial charge >= 0.3 is 0 Å². The molecule has 3 nitrogen and oxygen atoms in total. The predicted octanol–water partition coefficient (Wildman–Crippen LogP) is 1.32. The first kappa shape index (κ1) is 7.60. The Kier molecular flexibility index (Phi) is 2.11. The molecule has 1 aromatic rings. The summed E-state index contributed by atoms with van der Waals surface area (Å²) in [7, 11) is 0. The highest BCUT2D eigenvalue weighted by Gasteiger charge is 2.03. The summed E-state index contributed by atoms with van der Waals surface area (Å²) in [4.78, 5) is 11.1. The average molecular weight is 151 g/mol. The van der Waals surface area contributed by atoms with Crippen LogP contribution in [0, 0.1) is 0 Å². The molecule has 0 aliphatic rings. The van der Waals surface area contributed by atoms with Gasteiger partial charge in [-0.3, -0.25) is 4.79 Å². The maximum Gasteiger partial charge on any atom is 0.222 e. The zero-order valence-corrected chi connectivity index (χ0v) is 6.20. The molecular weight excluding hydrogens is 142 g/mol. The maximum absolute atomic E-state index is 11.1. The number of rotatable bonds is 2. The highest BCUT2D eigenvalue weighted by atomic mass is 16.3. The normalized spacial score (nSPS) is 11.5. The van der Waals surface area contributed by atoms with Crippen molar-refractivity contribution in [2.75, 3.05) is 0 Å². The molecule has 0 unspecified atom stereocenters. The van der Waals surface area contributed by atoms with Crippen molar-refractivity contribution >= 4 is 5.78 Å². The summed E-state index contributed by atoms with van der Waals surface area (Å²) in [6.07, 6.45) is 2.78. The Hall–Kier alpha value is -1.51. The largest absolute Gasteiger partial charge is 0.461 e. The summed E-state index contributed by atoms with van der Waals surface area (Å²) >= 11 is 0. The molecule has 1 aromatic heterocycles. The van der Waals surface area contributed by atoms with Crippen molar-refractivity contribution in [1.82, 2.24) is 0 Å². The lowest BCUT2D eigenvalue weighted by molar-refractivity contribution is 0.102. The molecule has 0 saturated heterocycles. The quantitative estimate of drug-likeness (QED) is 0.512. The topological polar surface area (TPSA) is 56.2 Å². The van der Waals surface area contributed by atoms with Crippen LogP contribution in [0.15, 0.2) is 34.6 Å². The van der Waals surface area contributed by atoms with Crippen molar-refractivity contribution < 1.29 is 9.21 Å². The number of hydrogen-bond acceptors (Lipinski definition) is 3. The van der Waals surface area contributed by atoms with E-state index in [4.69, 9.17) is 10.2 Å². The monoisotopic (exact) mass is 151 g/mol. The molecule has 0 saturated carbocycles. The van der Waals surface area contributed by atoms with Crippen LogP contribution in [0.4, 0.5) is 0 Å². The summed E-state index contributed by atoms with van der Waals surface area (Å²) in [5.74, 6) is 0.116. The summed E-state index contributed by atoms with van der Waals surface area (Å²) in [5.41, 5.74) is 5.78. The van der Waals surface area contributed by atoms with Crippen LogP contribution in [0.25, 0.3) is 0 Å². The molecule has 0 aliphatic carbocycles. The van der Waals surface area contributed by atoms with E-state index >= 15 is 0 Å².